The van der Waals surface area contributed by atoms with Gasteiger partial charge in [-0.1, -0.05) is 30.3 Å². The maximum atomic E-state index is 12.4. The predicted octanol–water partition coefficient (Wildman–Crippen LogP) is 2.10. The van der Waals surface area contributed by atoms with Crippen LogP contribution in [0, 0.1) is 6.92 Å². The Morgan fingerprint density at radius 2 is 2.08 bits per heavy atom. The van der Waals surface area contributed by atoms with Gasteiger partial charge in [-0.25, -0.2) is 4.98 Å². The van der Waals surface area contributed by atoms with Gasteiger partial charge < -0.3 is 10.1 Å². The van der Waals surface area contributed by atoms with Crippen LogP contribution in [-0.4, -0.2) is 28.6 Å². The Morgan fingerprint density at radius 3 is 2.88 bits per heavy atom. The Labute approximate surface area is 149 Å². The minimum absolute atomic E-state index is 0.00933. The number of carbonyl (C=O) groups excluding carboxylic acids is 1. The average Bonchev–Trinajstić information content (AvgIpc) is 3.07. The van der Waals surface area contributed by atoms with E-state index >= 15 is 0 Å². The quantitative estimate of drug-likeness (QED) is 0.703. The summed E-state index contributed by atoms with van der Waals surface area (Å²) in [6.07, 6.45) is 0. The zero-order valence-corrected chi connectivity index (χ0v) is 14.7. The number of rotatable bonds is 7. The molecule has 2 heterocycles. The Kier molecular flexibility index (Phi) is 5.57. The molecule has 1 aromatic carbocycles. The summed E-state index contributed by atoms with van der Waals surface area (Å²) in [6, 6.07) is 11.5. The maximum Gasteiger partial charge on any atom is 0.262 e. The maximum absolute atomic E-state index is 12.4. The summed E-state index contributed by atoms with van der Waals surface area (Å²) in [4.78, 5) is 29.4. The second kappa shape index (κ2) is 8.04. The van der Waals surface area contributed by atoms with Crippen molar-refractivity contribution in [2.24, 2.45) is 0 Å². The van der Waals surface area contributed by atoms with Crippen molar-refractivity contribution in [1.82, 2.24) is 14.9 Å². The van der Waals surface area contributed by atoms with E-state index in [1.54, 1.807) is 17.6 Å². The number of aromatic nitrogens is 2. The topological polar surface area (TPSA) is 73.2 Å². The monoisotopic (exact) mass is 357 g/mol. The van der Waals surface area contributed by atoms with Crippen LogP contribution in [0.4, 0.5) is 0 Å². The zero-order valence-electron chi connectivity index (χ0n) is 13.9. The summed E-state index contributed by atoms with van der Waals surface area (Å²) in [7, 11) is 0. The molecular formula is C18H19N3O3S. The number of amides is 1. The largest absolute Gasteiger partial charge is 0.367 e. The van der Waals surface area contributed by atoms with Gasteiger partial charge in [-0.05, 0) is 23.9 Å². The predicted molar refractivity (Wildman–Crippen MR) is 97.7 cm³/mol. The van der Waals surface area contributed by atoms with E-state index in [0.717, 1.165) is 10.4 Å². The summed E-state index contributed by atoms with van der Waals surface area (Å²) in [6.45, 7) is 2.92. The first-order chi connectivity index (χ1) is 12.1. The molecule has 0 saturated carbocycles. The summed E-state index contributed by atoms with van der Waals surface area (Å²) in [5.41, 5.74) is 0.950. The van der Waals surface area contributed by atoms with Gasteiger partial charge >= 0.3 is 0 Å². The Bertz CT molecular complexity index is 918. The standard InChI is InChI=1S/C18H19N3O3S/c1-13-20-17-15(7-10-25-17)18(23)21(13)9-8-19-16(22)12-24-11-14-5-3-2-4-6-14/h2-7,10H,8-9,11-12H2,1H3,(H,19,22). The molecule has 0 spiro atoms. The zero-order chi connectivity index (χ0) is 17.6. The second-order valence-corrected chi connectivity index (χ2v) is 6.48. The fourth-order valence-corrected chi connectivity index (χ4v) is 3.31. The molecule has 0 bridgehead atoms. The highest BCUT2D eigenvalue weighted by Gasteiger charge is 2.09. The minimum Gasteiger partial charge on any atom is -0.367 e. The van der Waals surface area contributed by atoms with Crippen molar-refractivity contribution >= 4 is 27.5 Å². The van der Waals surface area contributed by atoms with Crippen LogP contribution in [0.25, 0.3) is 10.2 Å². The number of ether oxygens (including phenoxy) is 1. The van der Waals surface area contributed by atoms with Gasteiger partial charge in [-0.15, -0.1) is 11.3 Å². The van der Waals surface area contributed by atoms with Crippen LogP contribution in [0.5, 0.6) is 0 Å². The fourth-order valence-electron chi connectivity index (χ4n) is 2.51. The van der Waals surface area contributed by atoms with Gasteiger partial charge in [0.1, 0.15) is 17.3 Å². The number of hydrogen-bond acceptors (Lipinski definition) is 5. The van der Waals surface area contributed by atoms with E-state index in [-0.39, 0.29) is 18.1 Å². The van der Waals surface area contributed by atoms with Gasteiger partial charge in [0.05, 0.1) is 12.0 Å². The van der Waals surface area contributed by atoms with Crippen LogP contribution in [0.1, 0.15) is 11.4 Å². The lowest BCUT2D eigenvalue weighted by molar-refractivity contribution is -0.126. The van der Waals surface area contributed by atoms with Crippen LogP contribution in [-0.2, 0) is 22.7 Å². The van der Waals surface area contributed by atoms with E-state index in [9.17, 15) is 9.59 Å². The lowest BCUT2D eigenvalue weighted by Crippen LogP contribution is -2.34. The first kappa shape index (κ1) is 17.3. The van der Waals surface area contributed by atoms with Crippen molar-refractivity contribution in [2.75, 3.05) is 13.2 Å². The van der Waals surface area contributed by atoms with Crippen molar-refractivity contribution in [2.45, 2.75) is 20.1 Å². The van der Waals surface area contributed by atoms with E-state index in [0.29, 0.717) is 30.9 Å². The number of aryl methyl sites for hydroxylation is 1. The third-order valence-electron chi connectivity index (χ3n) is 3.78. The molecule has 7 heteroatoms. The summed E-state index contributed by atoms with van der Waals surface area (Å²) in [5.74, 6) is 0.445. The minimum atomic E-state index is -0.203. The van der Waals surface area contributed by atoms with Crippen molar-refractivity contribution < 1.29 is 9.53 Å². The molecule has 6 nitrogen and oxygen atoms in total. The molecule has 0 atom stereocenters. The number of carbonyl (C=O) groups is 1. The molecule has 0 aliphatic carbocycles. The number of fused-ring (bicyclic) bond motifs is 1. The number of nitrogens with zero attached hydrogens (tertiary/aromatic N) is 2. The van der Waals surface area contributed by atoms with Crippen LogP contribution in [0.3, 0.4) is 0 Å². The summed E-state index contributed by atoms with van der Waals surface area (Å²) < 4.78 is 6.97. The molecule has 130 valence electrons. The second-order valence-electron chi connectivity index (χ2n) is 5.58. The first-order valence-electron chi connectivity index (χ1n) is 7.98. The molecule has 0 radical (unpaired) electrons. The number of thiophene rings is 1. The molecule has 0 fully saturated rings. The van der Waals surface area contributed by atoms with Gasteiger partial charge in [0, 0.05) is 13.1 Å². The normalized spacial score (nSPS) is 10.9. The highest BCUT2D eigenvalue weighted by molar-refractivity contribution is 7.16. The molecule has 2 aromatic heterocycles. The van der Waals surface area contributed by atoms with Crippen LogP contribution < -0.4 is 10.9 Å². The van der Waals surface area contributed by atoms with Gasteiger partial charge in [0.15, 0.2) is 0 Å². The smallest absolute Gasteiger partial charge is 0.262 e. The lowest BCUT2D eigenvalue weighted by atomic mass is 10.2. The molecule has 3 aromatic rings. The number of hydrogen-bond donors (Lipinski definition) is 1. The van der Waals surface area contributed by atoms with Crippen LogP contribution in [0.15, 0.2) is 46.6 Å². The van der Waals surface area contributed by atoms with Crippen molar-refractivity contribution in [1.29, 1.82) is 0 Å². The fraction of sp³-hybridized carbons (Fsp3) is 0.278. The summed E-state index contributed by atoms with van der Waals surface area (Å²) >= 11 is 1.45. The Hall–Kier alpha value is -2.51. The highest BCUT2D eigenvalue weighted by Crippen LogP contribution is 2.14. The first-order valence-corrected chi connectivity index (χ1v) is 8.86. The van der Waals surface area contributed by atoms with E-state index in [1.807, 2.05) is 35.7 Å². The third kappa shape index (κ3) is 4.32. The third-order valence-corrected chi connectivity index (χ3v) is 4.58. The van der Waals surface area contributed by atoms with E-state index < -0.39 is 0 Å². The SMILES string of the molecule is Cc1nc2sccc2c(=O)n1CCNC(=O)COCc1ccccc1. The van der Waals surface area contributed by atoms with E-state index in [1.165, 1.54) is 11.3 Å². The molecule has 1 N–H and O–H groups in total. The van der Waals surface area contributed by atoms with Crippen molar-refractivity contribution in [3.8, 4) is 0 Å². The van der Waals surface area contributed by atoms with Crippen molar-refractivity contribution in [3.05, 3.63) is 63.5 Å². The lowest BCUT2D eigenvalue weighted by Gasteiger charge is -2.10. The number of benzene rings is 1. The molecule has 25 heavy (non-hydrogen) atoms. The Balaban J connectivity index is 1.48. The Morgan fingerprint density at radius 1 is 1.28 bits per heavy atom. The molecule has 0 unspecified atom stereocenters. The molecule has 3 rings (SSSR count). The average molecular weight is 357 g/mol. The molecule has 0 aliphatic heterocycles. The van der Waals surface area contributed by atoms with Gasteiger partial charge in [-0.3, -0.25) is 14.2 Å². The van der Waals surface area contributed by atoms with Gasteiger partial charge in [0.2, 0.25) is 5.91 Å². The van der Waals surface area contributed by atoms with Crippen LogP contribution in [0.2, 0.25) is 0 Å². The molecule has 1 amide bonds. The van der Waals surface area contributed by atoms with E-state index in [2.05, 4.69) is 10.3 Å². The molecular weight excluding hydrogens is 338 g/mol. The molecule has 0 saturated heterocycles. The summed E-state index contributed by atoms with van der Waals surface area (Å²) in [5, 5.41) is 5.24. The van der Waals surface area contributed by atoms with E-state index in [4.69, 9.17) is 4.74 Å². The molecule has 0 aliphatic rings. The van der Waals surface area contributed by atoms with Gasteiger partial charge in [0.25, 0.3) is 5.56 Å². The number of nitrogens with one attached hydrogen (secondary N) is 1. The van der Waals surface area contributed by atoms with Gasteiger partial charge in [-0.2, -0.15) is 0 Å². The highest BCUT2D eigenvalue weighted by atomic mass is 32.1. The van der Waals surface area contributed by atoms with Crippen LogP contribution >= 0.6 is 11.3 Å². The van der Waals surface area contributed by atoms with Crippen molar-refractivity contribution in [3.63, 3.8) is 0 Å².